The molecule has 0 aliphatic carbocycles. The molecular formula is C32H33ClF2N6O3. The van der Waals surface area contributed by atoms with E-state index in [1.807, 2.05) is 21.6 Å². The smallest absolute Gasteiger partial charge is 0.414 e. The van der Waals surface area contributed by atoms with Gasteiger partial charge in [0.15, 0.2) is 0 Å². The van der Waals surface area contributed by atoms with Crippen molar-refractivity contribution in [3.63, 3.8) is 0 Å². The van der Waals surface area contributed by atoms with Gasteiger partial charge in [-0.05, 0) is 75.2 Å². The van der Waals surface area contributed by atoms with Crippen LogP contribution in [0.4, 0.5) is 30.8 Å². The highest BCUT2D eigenvalue weighted by Crippen LogP contribution is 2.34. The lowest BCUT2D eigenvalue weighted by Gasteiger charge is -2.34. The third-order valence-corrected chi connectivity index (χ3v) is 7.37. The van der Waals surface area contributed by atoms with Crippen LogP contribution in [0.5, 0.6) is 0 Å². The van der Waals surface area contributed by atoms with Gasteiger partial charge in [-0.15, -0.1) is 0 Å². The zero-order chi connectivity index (χ0) is 31.6. The number of nitrogens with zero attached hydrogens (tertiary/aromatic N) is 3. The lowest BCUT2D eigenvalue weighted by atomic mass is 10.0. The summed E-state index contributed by atoms with van der Waals surface area (Å²) in [7, 11) is 0. The summed E-state index contributed by atoms with van der Waals surface area (Å²) in [5.74, 6) is -0.396. The van der Waals surface area contributed by atoms with Crippen LogP contribution >= 0.6 is 11.6 Å². The fraction of sp³-hybridized carbons (Fsp3) is 0.281. The maximum absolute atomic E-state index is 14.3. The molecule has 1 aromatic heterocycles. The molecule has 0 bridgehead atoms. The molecule has 230 valence electrons. The van der Waals surface area contributed by atoms with E-state index in [-0.39, 0.29) is 11.6 Å². The second-order valence-corrected chi connectivity index (χ2v) is 12.0. The normalized spacial score (nSPS) is 14.0. The van der Waals surface area contributed by atoms with Crippen molar-refractivity contribution in [1.82, 2.24) is 19.8 Å². The van der Waals surface area contributed by atoms with Crippen molar-refractivity contribution >= 4 is 40.8 Å². The number of amides is 2. The van der Waals surface area contributed by atoms with Crippen molar-refractivity contribution in [3.05, 3.63) is 94.8 Å². The number of carbonyl (C=O) groups is 2. The molecule has 0 saturated heterocycles. The third kappa shape index (κ3) is 7.35. The molecule has 0 unspecified atom stereocenters. The Morgan fingerprint density at radius 1 is 1.07 bits per heavy atom. The second kappa shape index (κ2) is 12.6. The summed E-state index contributed by atoms with van der Waals surface area (Å²) in [4.78, 5) is 32.9. The molecule has 44 heavy (non-hydrogen) atoms. The van der Waals surface area contributed by atoms with E-state index in [0.717, 1.165) is 5.56 Å². The number of aromatic nitrogens is 2. The van der Waals surface area contributed by atoms with Crippen LogP contribution in [0.15, 0.2) is 66.7 Å². The number of ether oxygens (including phenoxy) is 1. The number of halogens is 3. The number of fused-ring (bicyclic) bond motifs is 1. The molecule has 3 aromatic carbocycles. The van der Waals surface area contributed by atoms with Crippen LogP contribution in [0.1, 0.15) is 32.2 Å². The maximum atomic E-state index is 14.3. The Morgan fingerprint density at radius 2 is 1.82 bits per heavy atom. The maximum Gasteiger partial charge on any atom is 0.414 e. The first-order valence-corrected chi connectivity index (χ1v) is 14.4. The summed E-state index contributed by atoms with van der Waals surface area (Å²) in [5, 5.41) is 5.61. The first-order valence-electron chi connectivity index (χ1n) is 14.1. The van der Waals surface area contributed by atoms with Crippen molar-refractivity contribution < 1.29 is 23.1 Å². The number of nitrogens with two attached hydrogens (primary N) is 1. The van der Waals surface area contributed by atoms with Crippen LogP contribution in [0.3, 0.4) is 0 Å². The summed E-state index contributed by atoms with van der Waals surface area (Å²) < 4.78 is 35.8. The average molecular weight is 623 g/mol. The third-order valence-electron chi connectivity index (χ3n) is 7.06. The molecule has 2 amide bonds. The van der Waals surface area contributed by atoms with Crippen LogP contribution in [-0.2, 0) is 29.0 Å². The van der Waals surface area contributed by atoms with Crippen molar-refractivity contribution in [1.29, 1.82) is 0 Å². The highest BCUT2D eigenvalue weighted by atomic mass is 35.5. The van der Waals surface area contributed by atoms with Crippen molar-refractivity contribution in [2.45, 2.75) is 51.9 Å². The summed E-state index contributed by atoms with van der Waals surface area (Å²) >= 11 is 5.89. The SMILES string of the molecule is CC(C)(C)OC(=O)NC(=O)[C@H](Cc1ccc(N)cc1)N1CCn2c(nc(-c3cccc(F)c3)c2Nc2ccc(Cl)c(F)c2)C1. The molecule has 1 aliphatic rings. The average Bonchev–Trinajstić information content (AvgIpc) is 3.31. The Hall–Kier alpha value is -4.48. The van der Waals surface area contributed by atoms with Gasteiger partial charge in [-0.3, -0.25) is 15.0 Å². The molecular weight excluding hydrogens is 590 g/mol. The number of nitrogens with one attached hydrogen (secondary N) is 2. The van der Waals surface area contributed by atoms with Gasteiger partial charge in [-0.25, -0.2) is 18.6 Å². The van der Waals surface area contributed by atoms with Crippen LogP contribution in [0, 0.1) is 11.6 Å². The first-order chi connectivity index (χ1) is 20.9. The number of anilines is 3. The molecule has 5 rings (SSSR count). The van der Waals surface area contributed by atoms with Crippen LogP contribution in [0.2, 0.25) is 5.02 Å². The fourth-order valence-corrected chi connectivity index (χ4v) is 5.16. The summed E-state index contributed by atoms with van der Waals surface area (Å²) in [6.45, 7) is 6.19. The molecule has 4 aromatic rings. The van der Waals surface area contributed by atoms with Gasteiger partial charge in [0.05, 0.1) is 17.6 Å². The fourth-order valence-electron chi connectivity index (χ4n) is 5.04. The second-order valence-electron chi connectivity index (χ2n) is 11.6. The number of imide groups is 1. The summed E-state index contributed by atoms with van der Waals surface area (Å²) in [6, 6.07) is 16.8. The van der Waals surface area contributed by atoms with E-state index >= 15 is 0 Å². The van der Waals surface area contributed by atoms with Gasteiger partial charge in [-0.1, -0.05) is 35.9 Å². The Bertz CT molecular complexity index is 1690. The van der Waals surface area contributed by atoms with E-state index in [2.05, 4.69) is 10.6 Å². The highest BCUT2D eigenvalue weighted by molar-refractivity contribution is 6.30. The molecule has 4 N–H and O–H groups in total. The first kappa shape index (κ1) is 31.0. The monoisotopic (exact) mass is 622 g/mol. The molecule has 1 aliphatic heterocycles. The standard InChI is InChI=1S/C32H33ClF2N6O3/c1-32(2,3)44-31(43)39-30(42)26(15-19-7-9-22(36)10-8-19)40-13-14-41-27(18-40)38-28(20-5-4-6-21(34)16-20)29(41)37-23-11-12-24(33)25(35)17-23/h4-12,16-17,26,37H,13-15,18,36H2,1-3H3,(H,39,42,43)/t26-/m0/s1. The Balaban J connectivity index is 1.48. The number of alkyl carbamates (subject to hydrolysis) is 1. The number of rotatable bonds is 7. The number of hydrogen-bond acceptors (Lipinski definition) is 7. The van der Waals surface area contributed by atoms with Crippen LogP contribution in [0.25, 0.3) is 11.3 Å². The van der Waals surface area contributed by atoms with E-state index in [0.29, 0.717) is 53.8 Å². The minimum atomic E-state index is -0.835. The van der Waals surface area contributed by atoms with Gasteiger partial charge in [0, 0.05) is 30.0 Å². The molecule has 0 fully saturated rings. The minimum Gasteiger partial charge on any atom is -0.444 e. The van der Waals surface area contributed by atoms with Crippen molar-refractivity contribution in [2.24, 2.45) is 0 Å². The number of benzene rings is 3. The van der Waals surface area contributed by atoms with E-state index in [1.165, 1.54) is 24.3 Å². The van der Waals surface area contributed by atoms with Gasteiger partial charge in [0.2, 0.25) is 5.91 Å². The zero-order valence-electron chi connectivity index (χ0n) is 24.5. The van der Waals surface area contributed by atoms with Crippen molar-refractivity contribution in [3.8, 4) is 11.3 Å². The van der Waals surface area contributed by atoms with Gasteiger partial charge < -0.3 is 20.4 Å². The van der Waals surface area contributed by atoms with Gasteiger partial charge in [0.1, 0.15) is 34.6 Å². The van der Waals surface area contributed by atoms with Gasteiger partial charge in [-0.2, -0.15) is 0 Å². The van der Waals surface area contributed by atoms with E-state index in [1.54, 1.807) is 51.1 Å². The largest absolute Gasteiger partial charge is 0.444 e. The van der Waals surface area contributed by atoms with Crippen LogP contribution in [-0.4, -0.2) is 44.6 Å². The topological polar surface area (TPSA) is 115 Å². The predicted molar refractivity (Wildman–Crippen MR) is 165 cm³/mol. The van der Waals surface area contributed by atoms with Crippen LogP contribution < -0.4 is 16.4 Å². The van der Waals surface area contributed by atoms with Crippen molar-refractivity contribution in [2.75, 3.05) is 17.6 Å². The lowest BCUT2D eigenvalue weighted by Crippen LogP contribution is -2.52. The highest BCUT2D eigenvalue weighted by Gasteiger charge is 2.34. The minimum absolute atomic E-state index is 0.0105. The quantitative estimate of drug-likeness (QED) is 0.208. The van der Waals surface area contributed by atoms with Gasteiger partial charge >= 0.3 is 6.09 Å². The Labute approximate surface area is 259 Å². The lowest BCUT2D eigenvalue weighted by molar-refractivity contribution is -0.126. The predicted octanol–water partition coefficient (Wildman–Crippen LogP) is 6.29. The summed E-state index contributed by atoms with van der Waals surface area (Å²) in [6.07, 6.45) is -0.542. The van der Waals surface area contributed by atoms with Gasteiger partial charge in [0.25, 0.3) is 0 Å². The molecule has 1 atom stereocenters. The Morgan fingerprint density at radius 3 is 2.50 bits per heavy atom. The van der Waals surface area contributed by atoms with E-state index in [9.17, 15) is 18.4 Å². The molecule has 2 heterocycles. The molecule has 12 heteroatoms. The number of carbonyl (C=O) groups excluding carboxylic acids is 2. The Kier molecular flexibility index (Phi) is 8.89. The zero-order valence-corrected chi connectivity index (χ0v) is 25.3. The number of nitrogen functional groups attached to an aromatic ring is 1. The molecule has 0 radical (unpaired) electrons. The molecule has 9 nitrogen and oxygen atoms in total. The number of imidazole rings is 1. The molecule has 0 spiro atoms. The molecule has 0 saturated carbocycles. The van der Waals surface area contributed by atoms with E-state index < -0.39 is 35.3 Å². The van der Waals surface area contributed by atoms with E-state index in [4.69, 9.17) is 27.1 Å². The number of hydrogen-bond donors (Lipinski definition) is 3. The summed E-state index contributed by atoms with van der Waals surface area (Å²) in [5.41, 5.74) is 7.95.